The maximum atomic E-state index is 11.8. The van der Waals surface area contributed by atoms with Crippen LogP contribution in [0.15, 0.2) is 0 Å². The Kier molecular flexibility index (Phi) is 2.54. The lowest BCUT2D eigenvalue weighted by atomic mass is 9.80. The van der Waals surface area contributed by atoms with E-state index < -0.39 is 0 Å². The minimum Gasteiger partial charge on any atom is -0.370 e. The Labute approximate surface area is 83.4 Å². The highest BCUT2D eigenvalue weighted by molar-refractivity contribution is 5.88. The Bertz CT molecular complexity index is 257. The van der Waals surface area contributed by atoms with Crippen LogP contribution in [0.25, 0.3) is 0 Å². The van der Waals surface area contributed by atoms with Gasteiger partial charge in [0.25, 0.3) is 0 Å². The summed E-state index contributed by atoms with van der Waals surface area (Å²) in [5.74, 6) is 0.294. The first-order valence-corrected chi connectivity index (χ1v) is 5.24. The molecule has 0 saturated carbocycles. The molecule has 0 radical (unpaired) electrons. The van der Waals surface area contributed by atoms with Crippen LogP contribution >= 0.6 is 0 Å². The van der Waals surface area contributed by atoms with E-state index in [0.29, 0.717) is 18.6 Å². The first kappa shape index (κ1) is 9.65. The number of amides is 1. The molecular weight excluding hydrogens is 180 g/mol. The van der Waals surface area contributed by atoms with Crippen molar-refractivity contribution in [2.24, 2.45) is 11.7 Å². The molecule has 1 amide bonds. The maximum Gasteiger partial charge on any atom is 0.217 e. The van der Waals surface area contributed by atoms with Crippen LogP contribution in [-0.2, 0) is 9.59 Å². The fourth-order valence-corrected chi connectivity index (χ4v) is 2.55. The zero-order chi connectivity index (χ0) is 10.1. The number of hydrogen-bond acceptors (Lipinski definition) is 3. The number of carbonyl (C=O) groups is 2. The number of fused-ring (bicyclic) bond motifs is 3. The minimum absolute atomic E-state index is 0.0185. The fourth-order valence-electron chi connectivity index (χ4n) is 2.55. The first-order valence-electron chi connectivity index (χ1n) is 5.24. The van der Waals surface area contributed by atoms with Gasteiger partial charge in [-0.15, -0.1) is 0 Å². The molecule has 2 bridgehead atoms. The summed E-state index contributed by atoms with van der Waals surface area (Å²) in [6.07, 6.45) is 2.96. The lowest BCUT2D eigenvalue weighted by molar-refractivity contribution is -0.137. The third kappa shape index (κ3) is 1.66. The maximum absolute atomic E-state index is 11.8. The Morgan fingerprint density at radius 2 is 2.07 bits per heavy atom. The average Bonchev–Trinajstić information content (AvgIpc) is 2.18. The topological polar surface area (TPSA) is 63.4 Å². The number of piperidine rings is 3. The van der Waals surface area contributed by atoms with Crippen LogP contribution in [-0.4, -0.2) is 35.7 Å². The molecule has 3 saturated heterocycles. The molecule has 14 heavy (non-hydrogen) atoms. The van der Waals surface area contributed by atoms with E-state index in [4.69, 9.17) is 5.73 Å². The number of hydrogen-bond donors (Lipinski definition) is 1. The lowest BCUT2D eigenvalue weighted by Crippen LogP contribution is -2.55. The van der Waals surface area contributed by atoms with Gasteiger partial charge in [0.1, 0.15) is 0 Å². The van der Waals surface area contributed by atoms with E-state index in [-0.39, 0.29) is 17.9 Å². The summed E-state index contributed by atoms with van der Waals surface area (Å²) >= 11 is 0. The highest BCUT2D eigenvalue weighted by Gasteiger charge is 2.40. The second-order valence-corrected chi connectivity index (χ2v) is 4.23. The summed E-state index contributed by atoms with van der Waals surface area (Å²) < 4.78 is 0. The number of nitrogens with zero attached hydrogens (tertiary/aromatic N) is 1. The molecule has 0 spiro atoms. The monoisotopic (exact) mass is 196 g/mol. The van der Waals surface area contributed by atoms with Gasteiger partial charge in [-0.1, -0.05) is 0 Å². The average molecular weight is 196 g/mol. The van der Waals surface area contributed by atoms with E-state index in [1.54, 1.807) is 0 Å². The van der Waals surface area contributed by atoms with Gasteiger partial charge >= 0.3 is 0 Å². The smallest absolute Gasteiger partial charge is 0.217 e. The van der Waals surface area contributed by atoms with Gasteiger partial charge in [0, 0.05) is 12.3 Å². The van der Waals surface area contributed by atoms with Gasteiger partial charge in [0.15, 0.2) is 5.78 Å². The van der Waals surface area contributed by atoms with E-state index in [0.717, 1.165) is 25.9 Å². The van der Waals surface area contributed by atoms with Crippen molar-refractivity contribution in [3.8, 4) is 0 Å². The van der Waals surface area contributed by atoms with Crippen LogP contribution in [0, 0.1) is 5.92 Å². The van der Waals surface area contributed by atoms with Crippen LogP contribution in [0.1, 0.15) is 25.7 Å². The molecule has 0 aromatic carbocycles. The zero-order valence-electron chi connectivity index (χ0n) is 8.24. The summed E-state index contributed by atoms with van der Waals surface area (Å²) in [6, 6.07) is -0.0185. The van der Waals surface area contributed by atoms with Crippen molar-refractivity contribution < 1.29 is 9.59 Å². The summed E-state index contributed by atoms with van der Waals surface area (Å²) in [5.41, 5.74) is 5.08. The number of nitrogens with two attached hydrogens (primary N) is 1. The molecule has 0 aliphatic carbocycles. The fraction of sp³-hybridized carbons (Fsp3) is 0.800. The van der Waals surface area contributed by atoms with Gasteiger partial charge < -0.3 is 5.73 Å². The van der Waals surface area contributed by atoms with Crippen LogP contribution in [0.5, 0.6) is 0 Å². The zero-order valence-corrected chi connectivity index (χ0v) is 8.24. The molecule has 1 unspecified atom stereocenters. The van der Waals surface area contributed by atoms with Gasteiger partial charge in [-0.25, -0.2) is 0 Å². The number of rotatable bonds is 3. The molecule has 3 heterocycles. The number of carbonyl (C=O) groups excluding carboxylic acids is 2. The van der Waals surface area contributed by atoms with Crippen molar-refractivity contribution in [1.82, 2.24) is 4.90 Å². The van der Waals surface area contributed by atoms with Gasteiger partial charge in [-0.05, 0) is 32.4 Å². The number of primary amides is 1. The highest BCUT2D eigenvalue weighted by atomic mass is 16.1. The standard InChI is InChI=1S/C10H16N2O2/c11-9(13)2-1-8-10(14)7-3-5-12(8)6-4-7/h7-8H,1-6H2,(H2,11,13). The number of Topliss-reactive ketones (excluding diaryl/α,β-unsaturated/α-hetero) is 1. The SMILES string of the molecule is NC(=O)CCC1C(=O)C2CCN1CC2. The predicted octanol–water partition coefficient (Wildman–Crippen LogP) is -0.0848. The molecule has 0 aromatic rings. The van der Waals surface area contributed by atoms with Crippen LogP contribution < -0.4 is 5.73 Å². The van der Waals surface area contributed by atoms with Crippen LogP contribution in [0.2, 0.25) is 0 Å². The minimum atomic E-state index is -0.305. The molecule has 3 aliphatic heterocycles. The van der Waals surface area contributed by atoms with Crippen molar-refractivity contribution in [1.29, 1.82) is 0 Å². The Morgan fingerprint density at radius 3 is 2.57 bits per heavy atom. The van der Waals surface area contributed by atoms with Crippen molar-refractivity contribution in [3.05, 3.63) is 0 Å². The quantitative estimate of drug-likeness (QED) is 0.686. The second kappa shape index (κ2) is 3.69. The first-order chi connectivity index (χ1) is 6.68. The summed E-state index contributed by atoms with van der Waals surface area (Å²) in [5, 5.41) is 0. The van der Waals surface area contributed by atoms with Crippen LogP contribution in [0.3, 0.4) is 0 Å². The van der Waals surface area contributed by atoms with Crippen molar-refractivity contribution in [3.63, 3.8) is 0 Å². The number of ketones is 1. The molecule has 3 aliphatic rings. The molecular formula is C10H16N2O2. The molecule has 78 valence electrons. The largest absolute Gasteiger partial charge is 0.370 e. The second-order valence-electron chi connectivity index (χ2n) is 4.23. The third-order valence-corrected chi connectivity index (χ3v) is 3.37. The van der Waals surface area contributed by atoms with Gasteiger partial charge in [-0.3, -0.25) is 14.5 Å². The van der Waals surface area contributed by atoms with E-state index in [9.17, 15) is 9.59 Å². The Balaban J connectivity index is 1.97. The molecule has 3 fully saturated rings. The molecule has 2 N–H and O–H groups in total. The predicted molar refractivity (Wildman–Crippen MR) is 51.5 cm³/mol. The van der Waals surface area contributed by atoms with E-state index in [1.165, 1.54) is 0 Å². The molecule has 1 atom stereocenters. The van der Waals surface area contributed by atoms with Crippen molar-refractivity contribution in [2.75, 3.05) is 13.1 Å². The van der Waals surface area contributed by atoms with Gasteiger partial charge in [-0.2, -0.15) is 0 Å². The summed E-state index contributed by atoms with van der Waals surface area (Å²) in [7, 11) is 0. The van der Waals surface area contributed by atoms with Gasteiger partial charge in [0.2, 0.25) is 5.91 Å². The van der Waals surface area contributed by atoms with Gasteiger partial charge in [0.05, 0.1) is 6.04 Å². The molecule has 0 aromatic heterocycles. The normalized spacial score (nSPS) is 36.0. The lowest BCUT2D eigenvalue weighted by Gasteiger charge is -2.44. The highest BCUT2D eigenvalue weighted by Crippen LogP contribution is 2.30. The van der Waals surface area contributed by atoms with E-state index in [2.05, 4.69) is 4.90 Å². The van der Waals surface area contributed by atoms with Crippen molar-refractivity contribution >= 4 is 11.7 Å². The summed E-state index contributed by atoms with van der Waals surface area (Å²) in [6.45, 7) is 2.03. The molecule has 4 nitrogen and oxygen atoms in total. The Morgan fingerprint density at radius 1 is 1.43 bits per heavy atom. The van der Waals surface area contributed by atoms with Crippen LogP contribution in [0.4, 0.5) is 0 Å². The van der Waals surface area contributed by atoms with E-state index in [1.807, 2.05) is 0 Å². The molecule has 4 heteroatoms. The molecule has 3 rings (SSSR count). The van der Waals surface area contributed by atoms with E-state index >= 15 is 0 Å². The van der Waals surface area contributed by atoms with Crippen molar-refractivity contribution in [2.45, 2.75) is 31.7 Å². The Hall–Kier alpha value is -0.900. The summed E-state index contributed by atoms with van der Waals surface area (Å²) in [4.78, 5) is 24.7. The third-order valence-electron chi connectivity index (χ3n) is 3.37.